The number of guanidine groups is 1. The van der Waals surface area contributed by atoms with E-state index in [1.54, 1.807) is 7.05 Å². The molecule has 14 heavy (non-hydrogen) atoms. The number of hydrogen-bond acceptors (Lipinski definition) is 1. The van der Waals surface area contributed by atoms with Gasteiger partial charge in [0.15, 0.2) is 5.96 Å². The van der Waals surface area contributed by atoms with Crippen LogP contribution in [0, 0.1) is 13.8 Å². The van der Waals surface area contributed by atoms with Crippen LogP contribution in [0.5, 0.6) is 0 Å². The Kier molecular flexibility index (Phi) is 3.12. The number of hydrogen-bond donors (Lipinski definition) is 1. The molecule has 1 aromatic rings. The third-order valence-corrected chi connectivity index (χ3v) is 2.35. The first-order valence-corrected chi connectivity index (χ1v) is 4.60. The van der Waals surface area contributed by atoms with E-state index in [0.29, 0.717) is 5.96 Å². The van der Waals surface area contributed by atoms with Crippen LogP contribution in [0.2, 0.25) is 0 Å². The normalized spacial score (nSPS) is 11.6. The molecule has 1 aromatic carbocycles. The van der Waals surface area contributed by atoms with Gasteiger partial charge in [-0.25, -0.2) is 0 Å². The SMILES string of the molecule is CN=C(N)N(C)c1c(C)cccc1C. The molecular weight excluding hydrogens is 174 g/mol. The Hall–Kier alpha value is -1.51. The summed E-state index contributed by atoms with van der Waals surface area (Å²) in [6, 6.07) is 6.19. The topological polar surface area (TPSA) is 41.6 Å². The molecule has 0 unspecified atom stereocenters. The lowest BCUT2D eigenvalue weighted by Gasteiger charge is -2.22. The third-order valence-electron chi connectivity index (χ3n) is 2.35. The van der Waals surface area contributed by atoms with E-state index < -0.39 is 0 Å². The van der Waals surface area contributed by atoms with E-state index in [1.807, 2.05) is 18.0 Å². The first-order valence-electron chi connectivity index (χ1n) is 4.60. The number of anilines is 1. The molecule has 0 heterocycles. The standard InChI is InChI=1S/C11H17N3/c1-8-6-5-7-9(2)10(8)14(4)11(12)13-3/h5-7H,1-4H3,(H2,12,13). The van der Waals surface area contributed by atoms with Crippen molar-refractivity contribution in [1.29, 1.82) is 0 Å². The van der Waals surface area contributed by atoms with Gasteiger partial charge >= 0.3 is 0 Å². The molecule has 0 saturated heterocycles. The number of nitrogens with zero attached hydrogens (tertiary/aromatic N) is 2. The summed E-state index contributed by atoms with van der Waals surface area (Å²) in [7, 11) is 3.62. The number of nitrogens with two attached hydrogens (primary N) is 1. The van der Waals surface area contributed by atoms with Crippen molar-refractivity contribution in [3.63, 3.8) is 0 Å². The van der Waals surface area contributed by atoms with Gasteiger partial charge < -0.3 is 10.6 Å². The highest BCUT2D eigenvalue weighted by molar-refractivity contribution is 5.95. The van der Waals surface area contributed by atoms with E-state index in [1.165, 1.54) is 11.1 Å². The number of rotatable bonds is 1. The minimum Gasteiger partial charge on any atom is -0.370 e. The molecule has 0 saturated carbocycles. The molecule has 0 atom stereocenters. The van der Waals surface area contributed by atoms with E-state index >= 15 is 0 Å². The Morgan fingerprint density at radius 3 is 2.21 bits per heavy atom. The van der Waals surface area contributed by atoms with Gasteiger partial charge in [-0.3, -0.25) is 4.99 Å². The molecule has 0 radical (unpaired) electrons. The predicted molar refractivity (Wildman–Crippen MR) is 61.9 cm³/mol. The first kappa shape index (κ1) is 10.6. The molecule has 3 heteroatoms. The molecular formula is C11H17N3. The Balaban J connectivity index is 3.18. The van der Waals surface area contributed by atoms with E-state index in [9.17, 15) is 0 Å². The molecule has 0 aliphatic carbocycles. The molecule has 0 bridgehead atoms. The lowest BCUT2D eigenvalue weighted by Crippen LogP contribution is -2.34. The van der Waals surface area contributed by atoms with Crippen LogP contribution in [0.4, 0.5) is 5.69 Å². The number of aryl methyl sites for hydroxylation is 2. The van der Waals surface area contributed by atoms with Crippen molar-refractivity contribution in [2.45, 2.75) is 13.8 Å². The fourth-order valence-corrected chi connectivity index (χ4v) is 1.60. The number of benzene rings is 1. The van der Waals surface area contributed by atoms with Crippen molar-refractivity contribution >= 4 is 11.6 Å². The van der Waals surface area contributed by atoms with Gasteiger partial charge in [-0.05, 0) is 25.0 Å². The first-order chi connectivity index (χ1) is 6.57. The summed E-state index contributed by atoms with van der Waals surface area (Å²) in [5, 5.41) is 0. The zero-order valence-corrected chi connectivity index (χ0v) is 9.20. The van der Waals surface area contributed by atoms with Crippen LogP contribution < -0.4 is 10.6 Å². The Labute approximate surface area is 85.3 Å². The predicted octanol–water partition coefficient (Wildman–Crippen LogP) is 1.68. The second-order valence-electron chi connectivity index (χ2n) is 3.38. The fourth-order valence-electron chi connectivity index (χ4n) is 1.60. The van der Waals surface area contributed by atoms with Gasteiger partial charge in [-0.15, -0.1) is 0 Å². The summed E-state index contributed by atoms with van der Waals surface area (Å²) in [4.78, 5) is 5.87. The van der Waals surface area contributed by atoms with Crippen molar-refractivity contribution in [3.8, 4) is 0 Å². The van der Waals surface area contributed by atoms with Gasteiger partial charge in [-0.2, -0.15) is 0 Å². The second kappa shape index (κ2) is 4.13. The maximum Gasteiger partial charge on any atom is 0.195 e. The summed E-state index contributed by atoms with van der Waals surface area (Å²) < 4.78 is 0. The van der Waals surface area contributed by atoms with E-state index in [2.05, 4.69) is 31.0 Å². The maximum absolute atomic E-state index is 5.76. The van der Waals surface area contributed by atoms with Crippen LogP contribution in [0.1, 0.15) is 11.1 Å². The minimum atomic E-state index is 0.530. The summed E-state index contributed by atoms with van der Waals surface area (Å²) in [5.41, 5.74) is 9.31. The van der Waals surface area contributed by atoms with Gasteiger partial charge in [0.25, 0.3) is 0 Å². The number of para-hydroxylation sites is 1. The molecule has 0 aliphatic heterocycles. The largest absolute Gasteiger partial charge is 0.370 e. The van der Waals surface area contributed by atoms with Gasteiger partial charge in [-0.1, -0.05) is 18.2 Å². The Bertz CT molecular complexity index is 335. The highest BCUT2D eigenvalue weighted by Gasteiger charge is 2.09. The Morgan fingerprint density at radius 2 is 1.79 bits per heavy atom. The molecule has 76 valence electrons. The van der Waals surface area contributed by atoms with Gasteiger partial charge in [0.2, 0.25) is 0 Å². The van der Waals surface area contributed by atoms with Crippen LogP contribution >= 0.6 is 0 Å². The summed E-state index contributed by atoms with van der Waals surface area (Å²) >= 11 is 0. The minimum absolute atomic E-state index is 0.530. The highest BCUT2D eigenvalue weighted by Crippen LogP contribution is 2.22. The van der Waals surface area contributed by atoms with Crippen LogP contribution in [0.25, 0.3) is 0 Å². The zero-order chi connectivity index (χ0) is 10.7. The van der Waals surface area contributed by atoms with Crippen LogP contribution in [-0.4, -0.2) is 20.1 Å². The van der Waals surface area contributed by atoms with Crippen LogP contribution in [0.15, 0.2) is 23.2 Å². The van der Waals surface area contributed by atoms with Crippen molar-refractivity contribution in [2.24, 2.45) is 10.7 Å². The molecule has 0 amide bonds. The molecule has 2 N–H and O–H groups in total. The zero-order valence-electron chi connectivity index (χ0n) is 9.20. The third kappa shape index (κ3) is 1.87. The van der Waals surface area contributed by atoms with Gasteiger partial charge in [0.05, 0.1) is 0 Å². The molecule has 3 nitrogen and oxygen atoms in total. The molecule has 1 rings (SSSR count). The van der Waals surface area contributed by atoms with Gasteiger partial charge in [0.1, 0.15) is 0 Å². The second-order valence-corrected chi connectivity index (χ2v) is 3.38. The van der Waals surface area contributed by atoms with Crippen LogP contribution in [0.3, 0.4) is 0 Å². The van der Waals surface area contributed by atoms with Crippen molar-refractivity contribution < 1.29 is 0 Å². The summed E-state index contributed by atoms with van der Waals surface area (Å²) in [6.07, 6.45) is 0. The van der Waals surface area contributed by atoms with Crippen molar-refractivity contribution in [3.05, 3.63) is 29.3 Å². The summed E-state index contributed by atoms with van der Waals surface area (Å²) in [5.74, 6) is 0.530. The average molecular weight is 191 g/mol. The fraction of sp³-hybridized carbons (Fsp3) is 0.364. The van der Waals surface area contributed by atoms with Gasteiger partial charge in [0, 0.05) is 19.8 Å². The molecule has 0 aliphatic rings. The molecule has 0 fully saturated rings. The van der Waals surface area contributed by atoms with E-state index in [0.717, 1.165) is 5.69 Å². The highest BCUT2D eigenvalue weighted by atomic mass is 15.2. The summed E-state index contributed by atoms with van der Waals surface area (Å²) in [6.45, 7) is 4.14. The lowest BCUT2D eigenvalue weighted by molar-refractivity contribution is 1.16. The van der Waals surface area contributed by atoms with Crippen LogP contribution in [-0.2, 0) is 0 Å². The molecule has 0 aromatic heterocycles. The average Bonchev–Trinajstić information content (AvgIpc) is 2.16. The van der Waals surface area contributed by atoms with Crippen molar-refractivity contribution in [1.82, 2.24) is 0 Å². The molecule has 0 spiro atoms. The maximum atomic E-state index is 5.76. The Morgan fingerprint density at radius 1 is 1.29 bits per heavy atom. The smallest absolute Gasteiger partial charge is 0.195 e. The van der Waals surface area contributed by atoms with E-state index in [4.69, 9.17) is 5.73 Å². The van der Waals surface area contributed by atoms with E-state index in [-0.39, 0.29) is 0 Å². The lowest BCUT2D eigenvalue weighted by atomic mass is 10.1. The quantitative estimate of drug-likeness (QED) is 0.542. The van der Waals surface area contributed by atoms with Crippen molar-refractivity contribution in [2.75, 3.05) is 19.0 Å². The number of aliphatic imine (C=N–C) groups is 1. The monoisotopic (exact) mass is 191 g/mol.